The smallest absolute Gasteiger partial charge is 0.331 e. The van der Waals surface area contributed by atoms with Crippen LogP contribution in [0, 0.1) is 0 Å². The summed E-state index contributed by atoms with van der Waals surface area (Å²) in [5.74, 6) is -1.38. The Morgan fingerprint density at radius 1 is 1.32 bits per heavy atom. The third-order valence-electron chi connectivity index (χ3n) is 3.63. The van der Waals surface area contributed by atoms with Crippen LogP contribution in [0.4, 0.5) is 18.9 Å². The molecule has 1 heterocycles. The lowest BCUT2D eigenvalue weighted by atomic mass is 10.2. The SMILES string of the molecule is CCN(C(=O)CC(F)(F)F)[C@H]1CCN(c2ccccc2)C1=O. The average Bonchev–Trinajstić information content (AvgIpc) is 2.81. The van der Waals surface area contributed by atoms with Crippen molar-refractivity contribution in [2.45, 2.75) is 32.0 Å². The largest absolute Gasteiger partial charge is 0.397 e. The second-order valence-electron chi connectivity index (χ2n) is 5.10. The van der Waals surface area contributed by atoms with E-state index in [2.05, 4.69) is 0 Å². The van der Waals surface area contributed by atoms with Crippen LogP contribution in [-0.4, -0.2) is 42.0 Å². The number of para-hydroxylation sites is 1. The molecule has 1 aliphatic heterocycles. The maximum absolute atomic E-state index is 12.4. The van der Waals surface area contributed by atoms with Crippen molar-refractivity contribution in [2.24, 2.45) is 0 Å². The molecule has 1 atom stereocenters. The highest BCUT2D eigenvalue weighted by Gasteiger charge is 2.41. The van der Waals surface area contributed by atoms with Gasteiger partial charge in [-0.2, -0.15) is 13.2 Å². The number of carbonyl (C=O) groups is 2. The summed E-state index contributed by atoms with van der Waals surface area (Å²) in [5, 5.41) is 0. The number of likely N-dealkylation sites (N-methyl/N-ethyl adjacent to an activating group) is 1. The van der Waals surface area contributed by atoms with Crippen LogP contribution in [0.3, 0.4) is 0 Å². The van der Waals surface area contributed by atoms with E-state index in [-0.39, 0.29) is 12.5 Å². The summed E-state index contributed by atoms with van der Waals surface area (Å²) < 4.78 is 37.2. The molecule has 0 N–H and O–H groups in total. The predicted molar refractivity (Wildman–Crippen MR) is 75.3 cm³/mol. The first-order chi connectivity index (χ1) is 10.3. The Morgan fingerprint density at radius 2 is 1.95 bits per heavy atom. The number of benzene rings is 1. The Labute approximate surface area is 126 Å². The first kappa shape index (κ1) is 16.3. The Hall–Kier alpha value is -2.05. The van der Waals surface area contributed by atoms with Crippen LogP contribution < -0.4 is 4.90 Å². The van der Waals surface area contributed by atoms with Crippen molar-refractivity contribution < 1.29 is 22.8 Å². The van der Waals surface area contributed by atoms with Crippen LogP contribution in [0.2, 0.25) is 0 Å². The quantitative estimate of drug-likeness (QED) is 0.857. The molecular weight excluding hydrogens is 297 g/mol. The lowest BCUT2D eigenvalue weighted by Crippen LogP contribution is -2.46. The molecule has 120 valence electrons. The average molecular weight is 314 g/mol. The van der Waals surface area contributed by atoms with E-state index in [0.29, 0.717) is 18.7 Å². The number of alkyl halides is 3. The molecule has 1 aromatic rings. The van der Waals surface area contributed by atoms with Crippen LogP contribution in [0.15, 0.2) is 30.3 Å². The highest BCUT2D eigenvalue weighted by molar-refractivity contribution is 6.01. The lowest BCUT2D eigenvalue weighted by Gasteiger charge is -2.27. The van der Waals surface area contributed by atoms with E-state index in [1.54, 1.807) is 31.2 Å². The van der Waals surface area contributed by atoms with Gasteiger partial charge in [-0.25, -0.2) is 0 Å². The number of amides is 2. The van der Waals surface area contributed by atoms with Crippen LogP contribution in [0.1, 0.15) is 19.8 Å². The van der Waals surface area contributed by atoms with E-state index >= 15 is 0 Å². The van der Waals surface area contributed by atoms with Crippen LogP contribution in [0.25, 0.3) is 0 Å². The molecular formula is C15H17F3N2O2. The Kier molecular flexibility index (Phi) is 4.73. The van der Waals surface area contributed by atoms with E-state index < -0.39 is 24.5 Å². The van der Waals surface area contributed by atoms with E-state index in [0.717, 1.165) is 4.90 Å². The first-order valence-electron chi connectivity index (χ1n) is 7.06. The highest BCUT2D eigenvalue weighted by Crippen LogP contribution is 2.26. The highest BCUT2D eigenvalue weighted by atomic mass is 19.4. The van der Waals surface area contributed by atoms with Crippen LogP contribution in [-0.2, 0) is 9.59 Å². The molecule has 0 radical (unpaired) electrons. The number of anilines is 1. The fourth-order valence-corrected chi connectivity index (χ4v) is 2.66. The molecule has 7 heteroatoms. The van der Waals surface area contributed by atoms with Gasteiger partial charge in [0, 0.05) is 18.8 Å². The molecule has 0 aliphatic carbocycles. The summed E-state index contributed by atoms with van der Waals surface area (Å²) >= 11 is 0. The summed E-state index contributed by atoms with van der Waals surface area (Å²) in [6.45, 7) is 2.05. The number of carbonyl (C=O) groups excluding carboxylic acids is 2. The van der Waals surface area contributed by atoms with Gasteiger partial charge in [0.1, 0.15) is 12.5 Å². The summed E-state index contributed by atoms with van der Waals surface area (Å²) in [7, 11) is 0. The summed E-state index contributed by atoms with van der Waals surface area (Å²) in [5.41, 5.74) is 0.689. The van der Waals surface area contributed by atoms with Gasteiger partial charge in [-0.1, -0.05) is 18.2 Å². The molecule has 2 rings (SSSR count). The van der Waals surface area contributed by atoms with Gasteiger partial charge in [-0.15, -0.1) is 0 Å². The second-order valence-corrected chi connectivity index (χ2v) is 5.10. The first-order valence-corrected chi connectivity index (χ1v) is 7.06. The summed E-state index contributed by atoms with van der Waals surface area (Å²) in [4.78, 5) is 26.8. The number of nitrogens with zero attached hydrogens (tertiary/aromatic N) is 2. The van der Waals surface area contributed by atoms with Gasteiger partial charge in [0.25, 0.3) is 0 Å². The van der Waals surface area contributed by atoms with Crippen molar-refractivity contribution >= 4 is 17.5 Å². The molecule has 0 aromatic heterocycles. The number of hydrogen-bond donors (Lipinski definition) is 0. The zero-order chi connectivity index (χ0) is 16.3. The van der Waals surface area contributed by atoms with Gasteiger partial charge >= 0.3 is 6.18 Å². The molecule has 0 bridgehead atoms. The molecule has 1 aromatic carbocycles. The maximum Gasteiger partial charge on any atom is 0.397 e. The molecule has 0 unspecified atom stereocenters. The Balaban J connectivity index is 2.12. The number of hydrogen-bond acceptors (Lipinski definition) is 2. The molecule has 1 saturated heterocycles. The van der Waals surface area contributed by atoms with Gasteiger partial charge in [0.15, 0.2) is 0 Å². The van der Waals surface area contributed by atoms with Gasteiger partial charge in [0.05, 0.1) is 0 Å². The van der Waals surface area contributed by atoms with Crippen molar-refractivity contribution in [3.8, 4) is 0 Å². The van der Waals surface area contributed by atoms with Crippen molar-refractivity contribution in [2.75, 3.05) is 18.0 Å². The molecule has 22 heavy (non-hydrogen) atoms. The second kappa shape index (κ2) is 6.37. The van der Waals surface area contributed by atoms with E-state index in [1.807, 2.05) is 6.07 Å². The van der Waals surface area contributed by atoms with Gasteiger partial charge in [0.2, 0.25) is 11.8 Å². The lowest BCUT2D eigenvalue weighted by molar-refractivity contribution is -0.164. The van der Waals surface area contributed by atoms with E-state index in [1.165, 1.54) is 4.90 Å². The number of halogens is 3. The van der Waals surface area contributed by atoms with Crippen LogP contribution in [0.5, 0.6) is 0 Å². The minimum atomic E-state index is -4.56. The van der Waals surface area contributed by atoms with E-state index in [4.69, 9.17) is 0 Å². The molecule has 0 spiro atoms. The molecule has 2 amide bonds. The fraction of sp³-hybridized carbons (Fsp3) is 0.467. The third-order valence-corrected chi connectivity index (χ3v) is 3.63. The van der Waals surface area contributed by atoms with Gasteiger partial charge in [-0.05, 0) is 25.5 Å². The van der Waals surface area contributed by atoms with Crippen molar-refractivity contribution in [3.05, 3.63) is 30.3 Å². The molecule has 1 fully saturated rings. The fourth-order valence-electron chi connectivity index (χ4n) is 2.66. The van der Waals surface area contributed by atoms with Gasteiger partial charge in [-0.3, -0.25) is 9.59 Å². The standard InChI is InChI=1S/C15H17F3N2O2/c1-2-19(13(21)10-15(16,17)18)12-8-9-20(14(12)22)11-6-4-3-5-7-11/h3-7,12H,2,8-10H2,1H3/t12-/m0/s1. The van der Waals surface area contributed by atoms with Gasteiger partial charge < -0.3 is 9.80 Å². The van der Waals surface area contributed by atoms with Crippen molar-refractivity contribution in [1.82, 2.24) is 4.90 Å². The Bertz CT molecular complexity index is 545. The van der Waals surface area contributed by atoms with Crippen molar-refractivity contribution in [1.29, 1.82) is 0 Å². The maximum atomic E-state index is 12.4. The predicted octanol–water partition coefficient (Wildman–Crippen LogP) is 2.59. The van der Waals surface area contributed by atoms with Crippen molar-refractivity contribution in [3.63, 3.8) is 0 Å². The molecule has 0 saturated carbocycles. The minimum Gasteiger partial charge on any atom is -0.331 e. The normalized spacial score (nSPS) is 18.6. The van der Waals surface area contributed by atoms with Crippen LogP contribution >= 0.6 is 0 Å². The monoisotopic (exact) mass is 314 g/mol. The molecule has 1 aliphatic rings. The zero-order valence-electron chi connectivity index (χ0n) is 12.1. The zero-order valence-corrected chi connectivity index (χ0v) is 12.1. The molecule has 4 nitrogen and oxygen atoms in total. The minimum absolute atomic E-state index is 0.0773. The topological polar surface area (TPSA) is 40.6 Å². The number of rotatable bonds is 4. The summed E-state index contributed by atoms with van der Waals surface area (Å²) in [6.07, 6.45) is -5.76. The Morgan fingerprint density at radius 3 is 2.50 bits per heavy atom. The van der Waals surface area contributed by atoms with E-state index in [9.17, 15) is 22.8 Å². The third kappa shape index (κ3) is 3.58. The summed E-state index contributed by atoms with van der Waals surface area (Å²) in [6, 6.07) is 8.07.